The Morgan fingerprint density at radius 1 is 1.19 bits per heavy atom. The highest BCUT2D eigenvalue weighted by molar-refractivity contribution is 7.09. The molecule has 3 heterocycles. The molecule has 2 aliphatic heterocycles. The third kappa shape index (κ3) is 5.26. The van der Waals surface area contributed by atoms with Gasteiger partial charge in [0.05, 0.1) is 32.3 Å². The maximum atomic E-state index is 12.5. The fourth-order valence-electron chi connectivity index (χ4n) is 3.31. The summed E-state index contributed by atoms with van der Waals surface area (Å²) in [5.74, 6) is 0.229. The number of rotatable bonds is 6. The van der Waals surface area contributed by atoms with E-state index in [9.17, 15) is 9.59 Å². The second-order valence-electron chi connectivity index (χ2n) is 6.78. The van der Waals surface area contributed by atoms with Crippen molar-refractivity contribution in [2.75, 3.05) is 59.0 Å². The molecular weight excluding hydrogens is 352 g/mol. The standard InChI is InChI=1S/C18H28N4O3S/c1-15(18(24)19-13-16-3-2-12-26-16)21-4-6-22(7-5-21)17(23)14-20-8-10-25-11-9-20/h2-3,12,15H,4-11,13-14H2,1H3,(H,19,24). The van der Waals surface area contributed by atoms with Gasteiger partial charge >= 0.3 is 0 Å². The molecule has 2 fully saturated rings. The molecule has 144 valence electrons. The van der Waals surface area contributed by atoms with Crippen molar-refractivity contribution in [2.45, 2.75) is 19.5 Å². The summed E-state index contributed by atoms with van der Waals surface area (Å²) in [7, 11) is 0. The SMILES string of the molecule is CC(C(=O)NCc1cccs1)N1CCN(C(=O)CN2CCOCC2)CC1. The molecule has 3 rings (SSSR count). The van der Waals surface area contributed by atoms with E-state index in [2.05, 4.69) is 15.1 Å². The van der Waals surface area contributed by atoms with E-state index in [0.29, 0.717) is 39.4 Å². The van der Waals surface area contributed by atoms with Crippen LogP contribution in [-0.2, 0) is 20.9 Å². The number of hydrogen-bond donors (Lipinski definition) is 1. The Bertz CT molecular complexity index is 581. The average molecular weight is 381 g/mol. The number of carbonyl (C=O) groups is 2. The summed E-state index contributed by atoms with van der Waals surface area (Å²) >= 11 is 1.65. The van der Waals surface area contributed by atoms with Gasteiger partial charge in [-0.2, -0.15) is 0 Å². The number of ether oxygens (including phenoxy) is 1. The van der Waals surface area contributed by atoms with Gasteiger partial charge in [0.1, 0.15) is 0 Å². The zero-order chi connectivity index (χ0) is 18.4. The molecule has 2 aliphatic rings. The molecule has 2 saturated heterocycles. The highest BCUT2D eigenvalue weighted by atomic mass is 32.1. The molecule has 7 nitrogen and oxygen atoms in total. The highest BCUT2D eigenvalue weighted by Crippen LogP contribution is 2.10. The Kier molecular flexibility index (Phi) is 7.01. The first-order chi connectivity index (χ1) is 12.6. The molecule has 0 aliphatic carbocycles. The van der Waals surface area contributed by atoms with Gasteiger partial charge in [-0.25, -0.2) is 0 Å². The lowest BCUT2D eigenvalue weighted by Gasteiger charge is -2.38. The number of amides is 2. The first-order valence-electron chi connectivity index (χ1n) is 9.25. The summed E-state index contributed by atoms with van der Waals surface area (Å²) in [5.41, 5.74) is 0. The van der Waals surface area contributed by atoms with Crippen LogP contribution in [-0.4, -0.2) is 91.6 Å². The lowest BCUT2D eigenvalue weighted by molar-refractivity contribution is -0.136. The van der Waals surface area contributed by atoms with Gasteiger partial charge in [0.2, 0.25) is 11.8 Å². The topological polar surface area (TPSA) is 65.1 Å². The van der Waals surface area contributed by atoms with Crippen molar-refractivity contribution in [3.8, 4) is 0 Å². The maximum Gasteiger partial charge on any atom is 0.237 e. The monoisotopic (exact) mass is 380 g/mol. The van der Waals surface area contributed by atoms with Crippen LogP contribution in [0.3, 0.4) is 0 Å². The van der Waals surface area contributed by atoms with E-state index in [1.807, 2.05) is 29.3 Å². The molecule has 0 radical (unpaired) electrons. The van der Waals surface area contributed by atoms with Crippen LogP contribution in [0.2, 0.25) is 0 Å². The number of hydrogen-bond acceptors (Lipinski definition) is 6. The summed E-state index contributed by atoms with van der Waals surface area (Å²) in [5, 5.41) is 5.01. The molecule has 0 saturated carbocycles. The number of carbonyl (C=O) groups excluding carboxylic acids is 2. The molecule has 1 aromatic rings. The van der Waals surface area contributed by atoms with Crippen molar-refractivity contribution < 1.29 is 14.3 Å². The molecule has 0 spiro atoms. The van der Waals surface area contributed by atoms with Crippen LogP contribution in [0.25, 0.3) is 0 Å². The van der Waals surface area contributed by atoms with Gasteiger partial charge in [-0.1, -0.05) is 6.07 Å². The van der Waals surface area contributed by atoms with Crippen LogP contribution in [0.1, 0.15) is 11.8 Å². The molecule has 2 amide bonds. The minimum Gasteiger partial charge on any atom is -0.379 e. The molecule has 0 bridgehead atoms. The van der Waals surface area contributed by atoms with E-state index < -0.39 is 0 Å². The quantitative estimate of drug-likeness (QED) is 0.765. The van der Waals surface area contributed by atoms with Crippen LogP contribution in [0.5, 0.6) is 0 Å². The van der Waals surface area contributed by atoms with Crippen LogP contribution in [0.15, 0.2) is 17.5 Å². The van der Waals surface area contributed by atoms with Crippen molar-refractivity contribution in [3.63, 3.8) is 0 Å². The smallest absolute Gasteiger partial charge is 0.237 e. The minimum atomic E-state index is -0.175. The minimum absolute atomic E-state index is 0.0477. The van der Waals surface area contributed by atoms with Crippen molar-refractivity contribution >= 4 is 23.2 Å². The van der Waals surface area contributed by atoms with Crippen molar-refractivity contribution in [1.82, 2.24) is 20.0 Å². The van der Waals surface area contributed by atoms with E-state index in [1.165, 1.54) is 0 Å². The van der Waals surface area contributed by atoms with Crippen LogP contribution in [0.4, 0.5) is 0 Å². The molecular formula is C18H28N4O3S. The Balaban J connectivity index is 1.39. The van der Waals surface area contributed by atoms with Crippen LogP contribution in [0, 0.1) is 0 Å². The van der Waals surface area contributed by atoms with E-state index in [-0.39, 0.29) is 17.9 Å². The molecule has 26 heavy (non-hydrogen) atoms. The first-order valence-corrected chi connectivity index (χ1v) is 10.1. The number of nitrogens with one attached hydrogen (secondary N) is 1. The first kappa shape index (κ1) is 19.3. The molecule has 0 aromatic carbocycles. The second-order valence-corrected chi connectivity index (χ2v) is 7.81. The average Bonchev–Trinajstić information content (AvgIpc) is 3.20. The maximum absolute atomic E-state index is 12.5. The summed E-state index contributed by atoms with van der Waals surface area (Å²) in [6.07, 6.45) is 0. The van der Waals surface area contributed by atoms with E-state index in [4.69, 9.17) is 4.74 Å². The number of morpholine rings is 1. The van der Waals surface area contributed by atoms with Gasteiger partial charge in [0.25, 0.3) is 0 Å². The van der Waals surface area contributed by atoms with E-state index in [0.717, 1.165) is 31.1 Å². The number of piperazine rings is 1. The van der Waals surface area contributed by atoms with E-state index in [1.54, 1.807) is 11.3 Å². The lowest BCUT2D eigenvalue weighted by Crippen LogP contribution is -2.56. The zero-order valence-corrected chi connectivity index (χ0v) is 16.2. The van der Waals surface area contributed by atoms with Gasteiger partial charge in [-0.05, 0) is 18.4 Å². The second kappa shape index (κ2) is 9.45. The van der Waals surface area contributed by atoms with Crippen molar-refractivity contribution in [2.24, 2.45) is 0 Å². The van der Waals surface area contributed by atoms with Gasteiger partial charge in [-0.15, -0.1) is 11.3 Å². The summed E-state index contributed by atoms with van der Waals surface area (Å²) in [6, 6.07) is 3.84. The Labute approximate surface area is 158 Å². The third-order valence-corrected chi connectivity index (χ3v) is 5.95. The molecule has 1 aromatic heterocycles. The largest absolute Gasteiger partial charge is 0.379 e. The Hall–Kier alpha value is -1.48. The van der Waals surface area contributed by atoms with Gasteiger partial charge in [0.15, 0.2) is 0 Å². The Morgan fingerprint density at radius 3 is 2.58 bits per heavy atom. The fraction of sp³-hybridized carbons (Fsp3) is 0.667. The van der Waals surface area contributed by atoms with Gasteiger partial charge < -0.3 is 15.0 Å². The Morgan fingerprint density at radius 2 is 1.92 bits per heavy atom. The van der Waals surface area contributed by atoms with Gasteiger partial charge in [0, 0.05) is 44.1 Å². The zero-order valence-electron chi connectivity index (χ0n) is 15.4. The third-order valence-electron chi connectivity index (χ3n) is 5.07. The summed E-state index contributed by atoms with van der Waals surface area (Å²) in [6.45, 7) is 8.91. The normalized spacial score (nSPS) is 20.7. The number of nitrogens with zero attached hydrogens (tertiary/aromatic N) is 3. The van der Waals surface area contributed by atoms with Crippen LogP contribution < -0.4 is 5.32 Å². The van der Waals surface area contributed by atoms with Gasteiger partial charge in [-0.3, -0.25) is 19.4 Å². The summed E-state index contributed by atoms with van der Waals surface area (Å²) < 4.78 is 5.32. The molecule has 1 unspecified atom stereocenters. The highest BCUT2D eigenvalue weighted by Gasteiger charge is 2.28. The fourth-order valence-corrected chi connectivity index (χ4v) is 3.95. The van der Waals surface area contributed by atoms with Crippen molar-refractivity contribution in [1.29, 1.82) is 0 Å². The number of thiophene rings is 1. The predicted octanol–water partition coefficient (Wildman–Crippen LogP) is 0.229. The summed E-state index contributed by atoms with van der Waals surface area (Å²) in [4.78, 5) is 32.2. The molecule has 8 heteroatoms. The van der Waals surface area contributed by atoms with Crippen molar-refractivity contribution in [3.05, 3.63) is 22.4 Å². The predicted molar refractivity (Wildman–Crippen MR) is 101 cm³/mol. The van der Waals surface area contributed by atoms with E-state index >= 15 is 0 Å². The van der Waals surface area contributed by atoms with Crippen LogP contribution >= 0.6 is 11.3 Å². The molecule has 1 atom stereocenters. The lowest BCUT2D eigenvalue weighted by atomic mass is 10.2. The molecule has 1 N–H and O–H groups in total.